The van der Waals surface area contributed by atoms with Crippen LogP contribution >= 0.6 is 0 Å². The lowest BCUT2D eigenvalue weighted by atomic mass is 9.81. The summed E-state index contributed by atoms with van der Waals surface area (Å²) >= 11 is 0. The molecule has 3 aliphatic rings. The molecule has 2 aromatic rings. The van der Waals surface area contributed by atoms with Gasteiger partial charge in [-0.1, -0.05) is 12.2 Å². The van der Waals surface area contributed by atoms with Crippen LogP contribution in [0.25, 0.3) is 10.9 Å². The van der Waals surface area contributed by atoms with Crippen molar-refractivity contribution < 1.29 is 28.5 Å². The first-order valence-electron chi connectivity index (χ1n) is 12.6. The highest BCUT2D eigenvalue weighted by Crippen LogP contribution is 2.35. The van der Waals surface area contributed by atoms with Crippen LogP contribution in [0.1, 0.15) is 48.9 Å². The predicted molar refractivity (Wildman–Crippen MR) is 137 cm³/mol. The highest BCUT2D eigenvalue weighted by molar-refractivity contribution is 5.96. The Labute approximate surface area is 215 Å². The lowest BCUT2D eigenvalue weighted by Crippen LogP contribution is -2.38. The number of ether oxygens (including phenoxy) is 4. The molecule has 0 N–H and O–H groups in total. The average Bonchev–Trinajstić information content (AvgIpc) is 2.97. The van der Waals surface area contributed by atoms with E-state index in [9.17, 15) is 9.59 Å². The number of hydrogen-bond acceptors (Lipinski definition) is 7. The molecule has 1 amide bonds. The van der Waals surface area contributed by atoms with Gasteiger partial charge in [-0.25, -0.2) is 4.79 Å². The van der Waals surface area contributed by atoms with E-state index >= 15 is 0 Å². The molecule has 0 unspecified atom stereocenters. The van der Waals surface area contributed by atoms with Gasteiger partial charge in [0.25, 0.3) is 0 Å². The van der Waals surface area contributed by atoms with Crippen LogP contribution in [0.15, 0.2) is 79.1 Å². The Hall–Kier alpha value is -4.07. The predicted octanol–water partition coefficient (Wildman–Crippen LogP) is 5.59. The van der Waals surface area contributed by atoms with E-state index in [1.54, 1.807) is 29.3 Å². The first-order valence-corrected chi connectivity index (χ1v) is 12.6. The summed E-state index contributed by atoms with van der Waals surface area (Å²) in [4.78, 5) is 31.6. The topological polar surface area (TPSA) is 87.2 Å². The summed E-state index contributed by atoms with van der Waals surface area (Å²) < 4.78 is 22.0. The molecule has 1 fully saturated rings. The Kier molecular flexibility index (Phi) is 7.54. The summed E-state index contributed by atoms with van der Waals surface area (Å²) in [7, 11) is 1.36. The molecule has 2 heterocycles. The zero-order valence-corrected chi connectivity index (χ0v) is 20.8. The number of methoxy groups -OCH3 is 1. The smallest absolute Gasteiger partial charge is 0.337 e. The number of rotatable bonds is 7. The lowest BCUT2D eigenvalue weighted by Gasteiger charge is -2.34. The van der Waals surface area contributed by atoms with Crippen molar-refractivity contribution >= 4 is 22.8 Å². The third kappa shape index (κ3) is 5.53. The fourth-order valence-corrected chi connectivity index (χ4v) is 4.99. The Bertz CT molecular complexity index is 1290. The van der Waals surface area contributed by atoms with E-state index in [4.69, 9.17) is 18.9 Å². The van der Waals surface area contributed by atoms with Crippen molar-refractivity contribution in [3.05, 3.63) is 84.6 Å². The second-order valence-corrected chi connectivity index (χ2v) is 9.34. The van der Waals surface area contributed by atoms with Gasteiger partial charge in [0.2, 0.25) is 11.8 Å². The van der Waals surface area contributed by atoms with Crippen molar-refractivity contribution in [3.8, 4) is 5.75 Å². The minimum absolute atomic E-state index is 0.0431. The van der Waals surface area contributed by atoms with Gasteiger partial charge in [0, 0.05) is 23.2 Å². The van der Waals surface area contributed by atoms with E-state index in [-0.39, 0.29) is 11.8 Å². The van der Waals surface area contributed by atoms with E-state index < -0.39 is 5.97 Å². The number of pyridine rings is 1. The van der Waals surface area contributed by atoms with Gasteiger partial charge in [-0.05, 0) is 74.8 Å². The number of carbonyl (C=O) groups is 2. The maximum absolute atomic E-state index is 13.6. The van der Waals surface area contributed by atoms with E-state index in [0.717, 1.165) is 55.1 Å². The van der Waals surface area contributed by atoms with E-state index in [2.05, 4.69) is 11.1 Å². The normalized spacial score (nSPS) is 20.8. The third-order valence-corrected chi connectivity index (χ3v) is 7.00. The summed E-state index contributed by atoms with van der Waals surface area (Å²) in [5, 5.41) is 0.775. The molecule has 192 valence electrons. The van der Waals surface area contributed by atoms with E-state index in [0.29, 0.717) is 29.7 Å². The molecule has 37 heavy (non-hydrogen) atoms. The van der Waals surface area contributed by atoms with Crippen molar-refractivity contribution in [2.24, 2.45) is 11.8 Å². The number of carbonyl (C=O) groups excluding carboxylic acids is 2. The number of fused-ring (bicyclic) bond motifs is 1. The van der Waals surface area contributed by atoms with Crippen LogP contribution < -0.4 is 4.74 Å². The summed E-state index contributed by atoms with van der Waals surface area (Å²) in [6.07, 6.45) is 17.1. The van der Waals surface area contributed by atoms with Crippen LogP contribution in [0.4, 0.5) is 0 Å². The molecule has 2 aliphatic carbocycles. The molecule has 0 bridgehead atoms. The quantitative estimate of drug-likeness (QED) is 0.457. The SMILES string of the molecule is COC(=O)c1ccc2nccc(OCC3CCC(C(=O)N(C4=CC=CCC4)C4=COC=CO4)CC3)c2c1. The van der Waals surface area contributed by atoms with Crippen molar-refractivity contribution in [1.82, 2.24) is 9.88 Å². The number of aromatic nitrogens is 1. The molecule has 0 spiro atoms. The maximum atomic E-state index is 13.6. The first kappa shape index (κ1) is 24.6. The van der Waals surface area contributed by atoms with Crippen molar-refractivity contribution in [2.45, 2.75) is 38.5 Å². The second kappa shape index (κ2) is 11.3. The largest absolute Gasteiger partial charge is 0.493 e. The van der Waals surface area contributed by atoms with Gasteiger partial charge in [0.15, 0.2) is 6.26 Å². The standard InChI is InChI=1S/C29H30N2O6/c1-34-29(33)22-11-12-25-24(17-22)26(13-14-30-25)37-18-20-7-9-21(10-8-20)28(32)31(23-5-3-2-4-6-23)27-19-35-15-16-36-27/h2-3,5,11-17,19-21H,4,6-10,18H2,1H3. The molecule has 5 rings (SSSR count). The number of hydrogen-bond donors (Lipinski definition) is 0. The number of esters is 1. The van der Waals surface area contributed by atoms with Crippen LogP contribution in [0.3, 0.4) is 0 Å². The van der Waals surface area contributed by atoms with Gasteiger partial charge in [0.05, 0.1) is 24.8 Å². The number of nitrogens with zero attached hydrogens (tertiary/aromatic N) is 2. The van der Waals surface area contributed by atoms with Gasteiger partial charge in [-0.15, -0.1) is 0 Å². The Morgan fingerprint density at radius 3 is 2.73 bits per heavy atom. The maximum Gasteiger partial charge on any atom is 0.337 e. The third-order valence-electron chi connectivity index (χ3n) is 7.00. The van der Waals surface area contributed by atoms with Crippen molar-refractivity contribution in [3.63, 3.8) is 0 Å². The summed E-state index contributed by atoms with van der Waals surface area (Å²) in [5.41, 5.74) is 2.13. The van der Waals surface area contributed by atoms with Crippen LogP contribution in [0.5, 0.6) is 5.75 Å². The summed E-state index contributed by atoms with van der Waals surface area (Å²) in [6.45, 7) is 0.537. The highest BCUT2D eigenvalue weighted by atomic mass is 16.5. The van der Waals surface area contributed by atoms with E-state index in [1.165, 1.54) is 25.9 Å². The van der Waals surface area contributed by atoms with Crippen LogP contribution in [0, 0.1) is 11.8 Å². The first-order chi connectivity index (χ1) is 18.1. The second-order valence-electron chi connectivity index (χ2n) is 9.34. The van der Waals surface area contributed by atoms with Crippen LogP contribution in [0.2, 0.25) is 0 Å². The van der Waals surface area contributed by atoms with Crippen molar-refractivity contribution in [1.29, 1.82) is 0 Å². The molecule has 1 saturated carbocycles. The molecule has 8 nitrogen and oxygen atoms in total. The van der Waals surface area contributed by atoms with Gasteiger partial charge in [-0.3, -0.25) is 14.7 Å². The van der Waals surface area contributed by atoms with Crippen molar-refractivity contribution in [2.75, 3.05) is 13.7 Å². The number of allylic oxidation sites excluding steroid dienone is 4. The molecular weight excluding hydrogens is 472 g/mol. The lowest BCUT2D eigenvalue weighted by molar-refractivity contribution is -0.135. The van der Waals surface area contributed by atoms with E-state index in [1.807, 2.05) is 18.2 Å². The molecule has 0 saturated heterocycles. The Morgan fingerprint density at radius 1 is 1.14 bits per heavy atom. The van der Waals surface area contributed by atoms with Crippen LogP contribution in [-0.4, -0.2) is 35.5 Å². The Balaban J connectivity index is 1.22. The monoisotopic (exact) mass is 502 g/mol. The molecular formula is C29H30N2O6. The number of amides is 1. The van der Waals surface area contributed by atoms with Gasteiger partial charge >= 0.3 is 5.97 Å². The van der Waals surface area contributed by atoms with Gasteiger partial charge < -0.3 is 18.9 Å². The molecule has 1 aromatic heterocycles. The summed E-state index contributed by atoms with van der Waals surface area (Å²) in [5.74, 6) is 0.968. The van der Waals surface area contributed by atoms with Gasteiger partial charge in [0.1, 0.15) is 18.3 Å². The van der Waals surface area contributed by atoms with Gasteiger partial charge in [-0.2, -0.15) is 0 Å². The highest BCUT2D eigenvalue weighted by Gasteiger charge is 2.34. The molecule has 0 atom stereocenters. The Morgan fingerprint density at radius 2 is 2.00 bits per heavy atom. The molecule has 8 heteroatoms. The molecule has 0 radical (unpaired) electrons. The minimum Gasteiger partial charge on any atom is -0.493 e. The fraction of sp³-hybridized carbons (Fsp3) is 0.345. The minimum atomic E-state index is -0.397. The molecule has 1 aliphatic heterocycles. The molecule has 1 aromatic carbocycles. The average molecular weight is 503 g/mol. The number of benzene rings is 1. The van der Waals surface area contributed by atoms with Crippen LogP contribution in [-0.2, 0) is 19.0 Å². The zero-order chi connectivity index (χ0) is 25.6. The zero-order valence-electron chi connectivity index (χ0n) is 20.8. The fourth-order valence-electron chi connectivity index (χ4n) is 4.99. The summed E-state index contributed by atoms with van der Waals surface area (Å²) in [6, 6.07) is 7.06.